The Kier molecular flexibility index (Phi) is 4.07. The number of H-pyrrole nitrogens is 1. The van der Waals surface area contributed by atoms with Crippen LogP contribution in [-0.2, 0) is 19.5 Å². The minimum atomic E-state index is -0.0313. The Hall–Kier alpha value is -2.92. The molecular formula is C20H20N4O. The smallest absolute Gasteiger partial charge is 0.254 e. The van der Waals surface area contributed by atoms with Crippen molar-refractivity contribution in [3.8, 4) is 11.4 Å². The van der Waals surface area contributed by atoms with Gasteiger partial charge in [0.15, 0.2) is 0 Å². The van der Waals surface area contributed by atoms with Gasteiger partial charge in [0, 0.05) is 36.4 Å². The number of nitrogen functional groups attached to an aromatic ring is 1. The van der Waals surface area contributed by atoms with Crippen LogP contribution < -0.4 is 11.3 Å². The maximum Gasteiger partial charge on any atom is 0.254 e. The van der Waals surface area contributed by atoms with Gasteiger partial charge in [0.05, 0.1) is 5.69 Å². The average molecular weight is 332 g/mol. The zero-order valence-electron chi connectivity index (χ0n) is 13.9. The molecule has 0 aliphatic carbocycles. The molecule has 0 fully saturated rings. The van der Waals surface area contributed by atoms with Crippen LogP contribution in [0, 0.1) is 0 Å². The van der Waals surface area contributed by atoms with Crippen LogP contribution in [0.1, 0.15) is 16.8 Å². The van der Waals surface area contributed by atoms with Crippen molar-refractivity contribution in [1.82, 2.24) is 14.9 Å². The minimum Gasteiger partial charge on any atom is -0.399 e. The number of aromatic amines is 1. The van der Waals surface area contributed by atoms with Gasteiger partial charge in [0.25, 0.3) is 5.56 Å². The quantitative estimate of drug-likeness (QED) is 0.723. The number of hydrogen-bond acceptors (Lipinski definition) is 4. The first-order chi connectivity index (χ1) is 12.2. The van der Waals surface area contributed by atoms with E-state index < -0.39 is 0 Å². The van der Waals surface area contributed by atoms with Crippen molar-refractivity contribution >= 4 is 5.69 Å². The molecule has 1 aliphatic heterocycles. The molecule has 0 saturated carbocycles. The minimum absolute atomic E-state index is 0.0313. The van der Waals surface area contributed by atoms with Gasteiger partial charge in [-0.05, 0) is 36.2 Å². The van der Waals surface area contributed by atoms with Crippen molar-refractivity contribution in [3.63, 3.8) is 0 Å². The molecule has 0 radical (unpaired) electrons. The molecule has 0 amide bonds. The van der Waals surface area contributed by atoms with Gasteiger partial charge in [-0.3, -0.25) is 9.69 Å². The number of benzene rings is 2. The molecule has 126 valence electrons. The predicted molar refractivity (Wildman–Crippen MR) is 99.0 cm³/mol. The van der Waals surface area contributed by atoms with E-state index in [1.54, 1.807) is 0 Å². The van der Waals surface area contributed by atoms with Crippen molar-refractivity contribution in [2.45, 2.75) is 19.5 Å². The number of nitrogens with two attached hydrogens (primary N) is 1. The van der Waals surface area contributed by atoms with Gasteiger partial charge in [-0.25, -0.2) is 4.98 Å². The molecule has 3 N–H and O–H groups in total. The third kappa shape index (κ3) is 3.32. The summed E-state index contributed by atoms with van der Waals surface area (Å²) in [4.78, 5) is 22.4. The Bertz CT molecular complexity index is 932. The van der Waals surface area contributed by atoms with Gasteiger partial charge in [-0.2, -0.15) is 0 Å². The van der Waals surface area contributed by atoms with Crippen LogP contribution in [-0.4, -0.2) is 21.4 Å². The maximum absolute atomic E-state index is 12.5. The van der Waals surface area contributed by atoms with Crippen LogP contribution in [0.2, 0.25) is 0 Å². The van der Waals surface area contributed by atoms with Crippen molar-refractivity contribution in [1.29, 1.82) is 0 Å². The fraction of sp³-hybridized carbons (Fsp3) is 0.200. The zero-order chi connectivity index (χ0) is 17.2. The van der Waals surface area contributed by atoms with Gasteiger partial charge in [0.2, 0.25) is 0 Å². The van der Waals surface area contributed by atoms with Crippen molar-refractivity contribution in [2.75, 3.05) is 12.3 Å². The largest absolute Gasteiger partial charge is 0.399 e. The van der Waals surface area contributed by atoms with E-state index >= 15 is 0 Å². The summed E-state index contributed by atoms with van der Waals surface area (Å²) in [5, 5.41) is 0. The van der Waals surface area contributed by atoms with Gasteiger partial charge in [0.1, 0.15) is 5.82 Å². The second-order valence-electron chi connectivity index (χ2n) is 6.41. The summed E-state index contributed by atoms with van der Waals surface area (Å²) < 4.78 is 0. The molecule has 5 nitrogen and oxygen atoms in total. The lowest BCUT2D eigenvalue weighted by atomic mass is 10.0. The fourth-order valence-electron chi connectivity index (χ4n) is 3.25. The van der Waals surface area contributed by atoms with Crippen LogP contribution >= 0.6 is 0 Å². The van der Waals surface area contributed by atoms with Gasteiger partial charge in [-0.15, -0.1) is 0 Å². The topological polar surface area (TPSA) is 75.0 Å². The molecule has 2 aromatic carbocycles. The Morgan fingerprint density at radius 3 is 2.60 bits per heavy atom. The first kappa shape index (κ1) is 15.6. The lowest BCUT2D eigenvalue weighted by Gasteiger charge is -2.27. The summed E-state index contributed by atoms with van der Waals surface area (Å²) in [7, 11) is 0. The standard InChI is InChI=1S/C20H20N4O/c21-16-8-6-15(7-9-16)19-22-18-13-24(11-10-17(18)20(25)23-19)12-14-4-2-1-3-5-14/h1-9H,10-13,21H2,(H,22,23,25). The molecule has 2 heterocycles. The zero-order valence-corrected chi connectivity index (χ0v) is 13.9. The number of nitrogens with zero attached hydrogens (tertiary/aromatic N) is 2. The Labute approximate surface area is 146 Å². The van der Waals surface area contributed by atoms with Gasteiger partial charge >= 0.3 is 0 Å². The van der Waals surface area contributed by atoms with E-state index in [1.165, 1.54) is 5.56 Å². The molecule has 0 bridgehead atoms. The molecule has 25 heavy (non-hydrogen) atoms. The van der Waals surface area contributed by atoms with Crippen LogP contribution in [0.15, 0.2) is 59.4 Å². The number of fused-ring (bicyclic) bond motifs is 1. The van der Waals surface area contributed by atoms with Crippen LogP contribution in [0.25, 0.3) is 11.4 Å². The fourth-order valence-corrected chi connectivity index (χ4v) is 3.25. The van der Waals surface area contributed by atoms with E-state index in [0.29, 0.717) is 18.1 Å². The van der Waals surface area contributed by atoms with Gasteiger partial charge < -0.3 is 10.7 Å². The lowest BCUT2D eigenvalue weighted by molar-refractivity contribution is 0.240. The molecule has 0 saturated heterocycles. The van der Waals surface area contributed by atoms with E-state index in [2.05, 4.69) is 34.1 Å². The van der Waals surface area contributed by atoms with E-state index in [1.807, 2.05) is 30.3 Å². The first-order valence-corrected chi connectivity index (χ1v) is 8.43. The Balaban J connectivity index is 1.62. The number of anilines is 1. The molecule has 4 rings (SSSR count). The Morgan fingerprint density at radius 2 is 1.84 bits per heavy atom. The molecular weight excluding hydrogens is 312 g/mol. The summed E-state index contributed by atoms with van der Waals surface area (Å²) in [5.41, 5.74) is 10.2. The monoisotopic (exact) mass is 332 g/mol. The van der Waals surface area contributed by atoms with Crippen LogP contribution in [0.5, 0.6) is 0 Å². The van der Waals surface area contributed by atoms with Crippen molar-refractivity contribution < 1.29 is 0 Å². The third-order valence-corrected chi connectivity index (χ3v) is 4.59. The maximum atomic E-state index is 12.5. The van der Waals surface area contributed by atoms with E-state index in [9.17, 15) is 4.79 Å². The molecule has 0 unspecified atom stereocenters. The lowest BCUT2D eigenvalue weighted by Crippen LogP contribution is -2.35. The number of rotatable bonds is 3. The molecule has 3 aromatic rings. The predicted octanol–water partition coefficient (Wildman–Crippen LogP) is 2.58. The summed E-state index contributed by atoms with van der Waals surface area (Å²) in [6, 6.07) is 17.8. The molecule has 0 spiro atoms. The highest BCUT2D eigenvalue weighted by atomic mass is 16.1. The van der Waals surface area contributed by atoms with E-state index in [4.69, 9.17) is 10.7 Å². The summed E-state index contributed by atoms with van der Waals surface area (Å²) in [6.07, 6.45) is 0.729. The third-order valence-electron chi connectivity index (χ3n) is 4.59. The van der Waals surface area contributed by atoms with Crippen LogP contribution in [0.4, 0.5) is 5.69 Å². The number of hydrogen-bond donors (Lipinski definition) is 2. The summed E-state index contributed by atoms with van der Waals surface area (Å²) in [5.74, 6) is 0.602. The van der Waals surface area contributed by atoms with E-state index in [0.717, 1.165) is 36.3 Å². The number of aromatic nitrogens is 2. The van der Waals surface area contributed by atoms with Crippen molar-refractivity contribution in [3.05, 3.63) is 81.8 Å². The highest BCUT2D eigenvalue weighted by Gasteiger charge is 2.21. The second kappa shape index (κ2) is 6.53. The molecule has 0 atom stereocenters. The van der Waals surface area contributed by atoms with Crippen molar-refractivity contribution in [2.24, 2.45) is 0 Å². The highest BCUT2D eigenvalue weighted by Crippen LogP contribution is 2.20. The normalized spacial score (nSPS) is 14.2. The highest BCUT2D eigenvalue weighted by molar-refractivity contribution is 5.58. The molecule has 5 heteroatoms. The number of nitrogens with one attached hydrogen (secondary N) is 1. The summed E-state index contributed by atoms with van der Waals surface area (Å²) >= 11 is 0. The average Bonchev–Trinajstić information content (AvgIpc) is 2.63. The molecule has 1 aliphatic rings. The second-order valence-corrected chi connectivity index (χ2v) is 6.41. The SMILES string of the molecule is Nc1ccc(-c2nc3c(c(=O)[nH]2)CCN(Cc2ccccc2)C3)cc1. The van der Waals surface area contributed by atoms with E-state index in [-0.39, 0.29) is 5.56 Å². The van der Waals surface area contributed by atoms with Gasteiger partial charge in [-0.1, -0.05) is 30.3 Å². The summed E-state index contributed by atoms with van der Waals surface area (Å²) in [6.45, 7) is 2.43. The van der Waals surface area contributed by atoms with Crippen LogP contribution in [0.3, 0.4) is 0 Å². The first-order valence-electron chi connectivity index (χ1n) is 8.43. The Morgan fingerprint density at radius 1 is 1.08 bits per heavy atom. The molecule has 1 aromatic heterocycles.